The fraction of sp³-hybridized carbons (Fsp3) is 0.923. The van der Waals surface area contributed by atoms with E-state index in [1.807, 2.05) is 6.92 Å². The molecule has 0 aromatic carbocycles. The van der Waals surface area contributed by atoms with Crippen molar-refractivity contribution >= 4 is 18.3 Å². The van der Waals surface area contributed by atoms with Crippen LogP contribution in [0.2, 0.25) is 0 Å². The average molecular weight is 263 g/mol. The van der Waals surface area contributed by atoms with E-state index in [2.05, 4.69) is 33.0 Å². The third kappa shape index (κ3) is 3.35. The molecule has 3 nitrogen and oxygen atoms in total. The number of carbonyl (C=O) groups excluding carboxylic acids is 1. The van der Waals surface area contributed by atoms with Crippen molar-refractivity contribution in [3.8, 4) is 0 Å². The first kappa shape index (κ1) is 16.7. The molecule has 3 atom stereocenters. The van der Waals surface area contributed by atoms with Gasteiger partial charge in [-0.05, 0) is 31.1 Å². The van der Waals surface area contributed by atoms with E-state index in [0.717, 1.165) is 12.8 Å². The highest BCUT2D eigenvalue weighted by molar-refractivity contribution is 5.85. The van der Waals surface area contributed by atoms with Gasteiger partial charge in [-0.2, -0.15) is 0 Å². The van der Waals surface area contributed by atoms with Crippen LogP contribution < -0.4 is 11.1 Å². The number of halogens is 1. The van der Waals surface area contributed by atoms with Crippen LogP contribution in [0.1, 0.15) is 47.5 Å². The van der Waals surface area contributed by atoms with Crippen LogP contribution >= 0.6 is 12.4 Å². The van der Waals surface area contributed by atoms with Crippen LogP contribution in [0.5, 0.6) is 0 Å². The fourth-order valence-corrected chi connectivity index (χ4v) is 2.01. The van der Waals surface area contributed by atoms with Crippen LogP contribution in [0.25, 0.3) is 0 Å². The molecule has 1 saturated carbocycles. The molecule has 4 heteroatoms. The van der Waals surface area contributed by atoms with Crippen LogP contribution in [0.3, 0.4) is 0 Å². The summed E-state index contributed by atoms with van der Waals surface area (Å²) in [5.74, 6) is 0.737. The molecule has 0 radical (unpaired) electrons. The number of nitrogens with one attached hydrogen (secondary N) is 1. The average Bonchev–Trinajstić information content (AvgIpc) is 2.91. The van der Waals surface area contributed by atoms with Crippen molar-refractivity contribution in [2.75, 3.05) is 6.54 Å². The minimum absolute atomic E-state index is 0. The van der Waals surface area contributed by atoms with E-state index < -0.39 is 0 Å². The van der Waals surface area contributed by atoms with E-state index in [9.17, 15) is 4.79 Å². The molecule has 1 fully saturated rings. The van der Waals surface area contributed by atoms with Crippen molar-refractivity contribution in [2.24, 2.45) is 23.0 Å². The molecular weight excluding hydrogens is 236 g/mol. The van der Waals surface area contributed by atoms with Crippen LogP contribution in [-0.2, 0) is 4.79 Å². The third-order valence-corrected chi connectivity index (χ3v) is 4.58. The molecular formula is C13H27ClN2O. The van der Waals surface area contributed by atoms with Crippen molar-refractivity contribution in [1.29, 1.82) is 0 Å². The zero-order chi connectivity index (χ0) is 12.6. The van der Waals surface area contributed by atoms with E-state index in [1.54, 1.807) is 0 Å². The lowest BCUT2D eigenvalue weighted by atomic mass is 9.88. The second-order valence-electron chi connectivity index (χ2n) is 6.03. The highest BCUT2D eigenvalue weighted by atomic mass is 35.5. The summed E-state index contributed by atoms with van der Waals surface area (Å²) in [6.07, 6.45) is 2.10. The number of hydrogen-bond donors (Lipinski definition) is 2. The van der Waals surface area contributed by atoms with E-state index in [0.29, 0.717) is 12.5 Å². The van der Waals surface area contributed by atoms with Gasteiger partial charge in [0.25, 0.3) is 0 Å². The van der Waals surface area contributed by atoms with Gasteiger partial charge in [-0.3, -0.25) is 4.79 Å². The van der Waals surface area contributed by atoms with Gasteiger partial charge in [-0.15, -0.1) is 12.4 Å². The van der Waals surface area contributed by atoms with Gasteiger partial charge in [0, 0.05) is 12.5 Å². The Kier molecular flexibility index (Phi) is 5.48. The highest BCUT2D eigenvalue weighted by Crippen LogP contribution is 2.54. The van der Waals surface area contributed by atoms with E-state index >= 15 is 0 Å². The predicted octanol–water partition coefficient (Wildman–Crippen LogP) is 2.33. The molecule has 0 aliphatic heterocycles. The summed E-state index contributed by atoms with van der Waals surface area (Å²) < 4.78 is 0. The summed E-state index contributed by atoms with van der Waals surface area (Å²) in [4.78, 5) is 12.1. The molecule has 102 valence electrons. The number of carbonyl (C=O) groups is 1. The molecule has 1 amide bonds. The van der Waals surface area contributed by atoms with Crippen molar-refractivity contribution < 1.29 is 4.79 Å². The quantitative estimate of drug-likeness (QED) is 0.799. The minimum atomic E-state index is -0.270. The second kappa shape index (κ2) is 5.57. The Morgan fingerprint density at radius 1 is 1.59 bits per heavy atom. The number of hydrogen-bond acceptors (Lipinski definition) is 2. The maximum absolute atomic E-state index is 12.1. The van der Waals surface area contributed by atoms with E-state index in [1.165, 1.54) is 0 Å². The zero-order valence-electron chi connectivity index (χ0n) is 11.7. The largest absolute Gasteiger partial charge is 0.349 e. The lowest BCUT2D eigenvalue weighted by Crippen LogP contribution is -2.55. The molecule has 17 heavy (non-hydrogen) atoms. The first-order valence-corrected chi connectivity index (χ1v) is 6.31. The monoisotopic (exact) mass is 262 g/mol. The van der Waals surface area contributed by atoms with Crippen molar-refractivity contribution in [2.45, 2.75) is 53.0 Å². The topological polar surface area (TPSA) is 55.1 Å². The van der Waals surface area contributed by atoms with Gasteiger partial charge >= 0.3 is 0 Å². The van der Waals surface area contributed by atoms with Gasteiger partial charge in [-0.1, -0.05) is 27.7 Å². The molecule has 0 saturated heterocycles. The first-order chi connectivity index (χ1) is 7.29. The number of rotatable bonds is 5. The molecule has 0 bridgehead atoms. The smallest absolute Gasteiger partial charge is 0.224 e. The Hall–Kier alpha value is -0.280. The first-order valence-electron chi connectivity index (χ1n) is 6.31. The lowest BCUT2D eigenvalue weighted by Gasteiger charge is -2.34. The highest BCUT2D eigenvalue weighted by Gasteiger charge is 2.53. The maximum atomic E-state index is 12.1. The summed E-state index contributed by atoms with van der Waals surface area (Å²) >= 11 is 0. The van der Waals surface area contributed by atoms with Crippen LogP contribution in [-0.4, -0.2) is 18.0 Å². The molecule has 3 N–H and O–H groups in total. The standard InChI is InChI=1S/C13H26N2O.ClH/c1-6-12(4)7-10(12)11(16)15-13(5,8-14)9(2)3;/h9-10H,6-8,14H2,1-5H3,(H,15,16);1H. The minimum Gasteiger partial charge on any atom is -0.349 e. The molecule has 3 unspecified atom stereocenters. The molecule has 0 aromatic rings. The summed E-state index contributed by atoms with van der Waals surface area (Å²) in [6, 6.07) is 0. The van der Waals surface area contributed by atoms with Crippen molar-refractivity contribution in [1.82, 2.24) is 5.32 Å². The number of nitrogens with two attached hydrogens (primary N) is 1. The molecule has 1 aliphatic carbocycles. The van der Waals surface area contributed by atoms with E-state index in [4.69, 9.17) is 5.73 Å². The van der Waals surface area contributed by atoms with Crippen LogP contribution in [0.4, 0.5) is 0 Å². The van der Waals surface area contributed by atoms with Gasteiger partial charge in [0.15, 0.2) is 0 Å². The molecule has 0 heterocycles. The van der Waals surface area contributed by atoms with Gasteiger partial charge in [0.05, 0.1) is 5.54 Å². The maximum Gasteiger partial charge on any atom is 0.224 e. The fourth-order valence-electron chi connectivity index (χ4n) is 2.01. The van der Waals surface area contributed by atoms with Gasteiger partial charge in [0.2, 0.25) is 5.91 Å². The van der Waals surface area contributed by atoms with Gasteiger partial charge in [0.1, 0.15) is 0 Å². The molecule has 1 aliphatic rings. The van der Waals surface area contributed by atoms with Crippen LogP contribution in [0.15, 0.2) is 0 Å². The Morgan fingerprint density at radius 3 is 2.41 bits per heavy atom. The van der Waals surface area contributed by atoms with Gasteiger partial charge < -0.3 is 11.1 Å². The molecule has 1 rings (SSSR count). The zero-order valence-corrected chi connectivity index (χ0v) is 12.5. The Morgan fingerprint density at radius 2 is 2.12 bits per heavy atom. The predicted molar refractivity (Wildman–Crippen MR) is 74.2 cm³/mol. The van der Waals surface area contributed by atoms with Crippen molar-refractivity contribution in [3.63, 3.8) is 0 Å². The van der Waals surface area contributed by atoms with Crippen molar-refractivity contribution in [3.05, 3.63) is 0 Å². The Bertz CT molecular complexity index is 283. The third-order valence-electron chi connectivity index (χ3n) is 4.58. The van der Waals surface area contributed by atoms with Gasteiger partial charge in [-0.25, -0.2) is 0 Å². The van der Waals surface area contributed by atoms with E-state index in [-0.39, 0.29) is 35.2 Å². The summed E-state index contributed by atoms with van der Waals surface area (Å²) in [5.41, 5.74) is 5.73. The molecule has 0 spiro atoms. The molecule has 0 aromatic heterocycles. The Labute approximate surface area is 111 Å². The SMILES string of the molecule is CCC1(C)CC1C(=O)NC(C)(CN)C(C)C.Cl. The normalized spacial score (nSPS) is 30.4. The number of amides is 1. The lowest BCUT2D eigenvalue weighted by molar-refractivity contribution is -0.125. The second-order valence-corrected chi connectivity index (χ2v) is 6.03. The summed E-state index contributed by atoms with van der Waals surface area (Å²) in [5, 5.41) is 3.13. The Balaban J connectivity index is 0.00000256. The summed E-state index contributed by atoms with van der Waals surface area (Å²) in [7, 11) is 0. The van der Waals surface area contributed by atoms with Crippen LogP contribution in [0, 0.1) is 17.3 Å². The summed E-state index contributed by atoms with van der Waals surface area (Å²) in [6.45, 7) is 11.1.